The van der Waals surface area contributed by atoms with E-state index < -0.39 is 17.7 Å². The zero-order valence-electron chi connectivity index (χ0n) is 18.0. The van der Waals surface area contributed by atoms with Crippen LogP contribution in [0.15, 0.2) is 36.0 Å². The number of likely N-dealkylation sites (tertiary alicyclic amines) is 1. The van der Waals surface area contributed by atoms with Crippen molar-refractivity contribution in [1.82, 2.24) is 19.8 Å². The highest BCUT2D eigenvalue weighted by molar-refractivity contribution is 6.46. The van der Waals surface area contributed by atoms with Crippen LogP contribution in [0.5, 0.6) is 0 Å². The molecule has 32 heavy (non-hydrogen) atoms. The fraction of sp³-hybridized carbons (Fsp3) is 0.391. The van der Waals surface area contributed by atoms with Crippen molar-refractivity contribution in [2.45, 2.75) is 19.9 Å². The Morgan fingerprint density at radius 3 is 2.66 bits per heavy atom. The van der Waals surface area contributed by atoms with Gasteiger partial charge in [0.2, 0.25) is 0 Å². The van der Waals surface area contributed by atoms with Crippen LogP contribution < -0.4 is 0 Å². The Morgan fingerprint density at radius 1 is 1.22 bits per heavy atom. The van der Waals surface area contributed by atoms with E-state index in [1.54, 1.807) is 38.1 Å². The van der Waals surface area contributed by atoms with Crippen molar-refractivity contribution >= 4 is 29.1 Å². The number of halogens is 1. The summed E-state index contributed by atoms with van der Waals surface area (Å²) in [5.74, 6) is -1.10. The van der Waals surface area contributed by atoms with Gasteiger partial charge in [-0.1, -0.05) is 23.7 Å². The molecule has 2 saturated heterocycles. The normalized spacial score (nSPS) is 21.3. The van der Waals surface area contributed by atoms with Gasteiger partial charge in [-0.3, -0.25) is 14.5 Å². The van der Waals surface area contributed by atoms with Crippen molar-refractivity contribution in [2.75, 3.05) is 39.4 Å². The molecule has 2 aliphatic rings. The van der Waals surface area contributed by atoms with Crippen molar-refractivity contribution < 1.29 is 19.4 Å². The molecular formula is C23H25ClN4O4. The molecule has 1 aromatic heterocycles. The molecule has 1 atom stereocenters. The molecule has 2 aromatic rings. The molecule has 0 radical (unpaired) electrons. The van der Waals surface area contributed by atoms with Crippen LogP contribution in [-0.2, 0) is 14.3 Å². The van der Waals surface area contributed by atoms with E-state index in [1.807, 2.05) is 0 Å². The molecule has 1 N–H and O–H groups in total. The van der Waals surface area contributed by atoms with Crippen molar-refractivity contribution in [3.63, 3.8) is 0 Å². The fourth-order valence-corrected chi connectivity index (χ4v) is 4.37. The summed E-state index contributed by atoms with van der Waals surface area (Å²) < 4.78 is 5.39. The van der Waals surface area contributed by atoms with Gasteiger partial charge >= 0.3 is 0 Å². The predicted octanol–water partition coefficient (Wildman–Crippen LogP) is 2.50. The molecule has 3 heterocycles. The van der Waals surface area contributed by atoms with E-state index in [0.717, 1.165) is 13.1 Å². The van der Waals surface area contributed by atoms with Gasteiger partial charge in [0, 0.05) is 37.4 Å². The summed E-state index contributed by atoms with van der Waals surface area (Å²) in [6.45, 7) is 7.23. The Morgan fingerprint density at radius 2 is 1.97 bits per heavy atom. The van der Waals surface area contributed by atoms with Crippen LogP contribution in [0.4, 0.5) is 0 Å². The number of amides is 1. The first-order valence-corrected chi connectivity index (χ1v) is 10.9. The van der Waals surface area contributed by atoms with Crippen molar-refractivity contribution in [1.29, 1.82) is 0 Å². The molecule has 2 fully saturated rings. The first-order valence-electron chi connectivity index (χ1n) is 10.5. The lowest BCUT2D eigenvalue weighted by molar-refractivity contribution is -0.140. The Kier molecular flexibility index (Phi) is 6.55. The molecule has 0 saturated carbocycles. The minimum atomic E-state index is -0.754. The Balaban J connectivity index is 1.77. The first kappa shape index (κ1) is 22.4. The van der Waals surface area contributed by atoms with Gasteiger partial charge in [-0.2, -0.15) is 0 Å². The molecule has 2 aliphatic heterocycles. The number of morpholine rings is 1. The summed E-state index contributed by atoms with van der Waals surface area (Å²) in [6, 6.07) is 6.25. The highest BCUT2D eigenvalue weighted by atomic mass is 35.5. The molecule has 0 bridgehead atoms. The third-order valence-electron chi connectivity index (χ3n) is 5.82. The van der Waals surface area contributed by atoms with Crippen molar-refractivity contribution in [2.24, 2.45) is 0 Å². The molecule has 4 rings (SSSR count). The molecule has 1 amide bonds. The van der Waals surface area contributed by atoms with Gasteiger partial charge in [0.25, 0.3) is 11.7 Å². The highest BCUT2D eigenvalue weighted by Gasteiger charge is 2.46. The molecule has 9 heteroatoms. The van der Waals surface area contributed by atoms with Gasteiger partial charge in [0.05, 0.1) is 36.1 Å². The number of ketones is 1. The quantitative estimate of drug-likeness (QED) is 0.419. The predicted molar refractivity (Wildman–Crippen MR) is 119 cm³/mol. The third-order valence-corrected chi connectivity index (χ3v) is 6.06. The summed E-state index contributed by atoms with van der Waals surface area (Å²) in [5, 5.41) is 11.6. The topological polar surface area (TPSA) is 95.9 Å². The van der Waals surface area contributed by atoms with Gasteiger partial charge in [-0.05, 0) is 31.5 Å². The number of hydrogen-bond donors (Lipinski definition) is 1. The third kappa shape index (κ3) is 4.39. The lowest BCUT2D eigenvalue weighted by atomic mass is 9.95. The van der Waals surface area contributed by atoms with E-state index in [0.29, 0.717) is 54.0 Å². The second-order valence-electron chi connectivity index (χ2n) is 7.92. The number of carbonyl (C=O) groups is 2. The SMILES string of the molecule is Cc1ncc(C(O)=C2C(=O)C(=O)N(CCN3CCOCC3)[C@@H]2c2cccc(Cl)c2)c(C)n1. The second kappa shape index (κ2) is 9.36. The maximum atomic E-state index is 13.1. The smallest absolute Gasteiger partial charge is 0.295 e. The summed E-state index contributed by atoms with van der Waals surface area (Å²) in [5.41, 5.74) is 1.54. The van der Waals surface area contributed by atoms with Crippen LogP contribution in [0.1, 0.15) is 28.7 Å². The fourth-order valence-electron chi connectivity index (χ4n) is 4.17. The van der Waals surface area contributed by atoms with Gasteiger partial charge in [0.15, 0.2) is 0 Å². The monoisotopic (exact) mass is 456 g/mol. The van der Waals surface area contributed by atoms with E-state index in [9.17, 15) is 14.7 Å². The highest BCUT2D eigenvalue weighted by Crippen LogP contribution is 2.40. The van der Waals surface area contributed by atoms with Crippen LogP contribution >= 0.6 is 11.6 Å². The molecule has 8 nitrogen and oxygen atoms in total. The average molecular weight is 457 g/mol. The Labute approximate surface area is 191 Å². The standard InChI is InChI=1S/C23H25ClN4O4/c1-14-18(13-25-15(2)26-14)21(29)19-20(16-4-3-5-17(24)12-16)28(23(31)22(19)30)7-6-27-8-10-32-11-9-27/h3-5,12-13,20,29H,6-11H2,1-2H3/t20-/m1/s1. The zero-order chi connectivity index (χ0) is 22.8. The molecule has 0 spiro atoms. The second-order valence-corrected chi connectivity index (χ2v) is 8.35. The molecule has 168 valence electrons. The number of aliphatic hydroxyl groups excluding tert-OH is 1. The number of aromatic nitrogens is 2. The lowest BCUT2D eigenvalue weighted by Crippen LogP contribution is -2.42. The van der Waals surface area contributed by atoms with Gasteiger partial charge in [0.1, 0.15) is 11.6 Å². The van der Waals surface area contributed by atoms with Crippen LogP contribution in [0, 0.1) is 13.8 Å². The molecule has 1 aromatic carbocycles. The number of carbonyl (C=O) groups excluding carboxylic acids is 2. The number of Topliss-reactive ketones (excluding diaryl/α,β-unsaturated/α-hetero) is 1. The average Bonchev–Trinajstić information content (AvgIpc) is 3.03. The summed E-state index contributed by atoms with van der Waals surface area (Å²) in [7, 11) is 0. The minimum Gasteiger partial charge on any atom is -0.507 e. The number of ether oxygens (including phenoxy) is 1. The van der Waals surface area contributed by atoms with E-state index in [-0.39, 0.29) is 11.3 Å². The Hall–Kier alpha value is -2.81. The first-order chi connectivity index (χ1) is 15.4. The van der Waals surface area contributed by atoms with Crippen molar-refractivity contribution in [3.8, 4) is 0 Å². The molecule has 0 unspecified atom stereocenters. The number of aryl methyl sites for hydroxylation is 2. The van der Waals surface area contributed by atoms with Crippen molar-refractivity contribution in [3.05, 3.63) is 63.7 Å². The number of hydrogen-bond acceptors (Lipinski definition) is 7. The largest absolute Gasteiger partial charge is 0.507 e. The molecule has 0 aliphatic carbocycles. The molecular weight excluding hydrogens is 432 g/mol. The van der Waals surface area contributed by atoms with Crippen LogP contribution in [0.25, 0.3) is 5.76 Å². The van der Waals surface area contributed by atoms with E-state index in [4.69, 9.17) is 16.3 Å². The maximum absolute atomic E-state index is 13.1. The number of benzene rings is 1. The van der Waals surface area contributed by atoms with Crippen LogP contribution in [-0.4, -0.2) is 76.0 Å². The number of aliphatic hydroxyl groups is 1. The zero-order valence-corrected chi connectivity index (χ0v) is 18.8. The van der Waals surface area contributed by atoms with E-state index >= 15 is 0 Å². The summed E-state index contributed by atoms with van der Waals surface area (Å²) >= 11 is 6.22. The van der Waals surface area contributed by atoms with Crippen LogP contribution in [0.2, 0.25) is 5.02 Å². The summed E-state index contributed by atoms with van der Waals surface area (Å²) in [6.07, 6.45) is 1.48. The number of rotatable bonds is 5. The lowest BCUT2D eigenvalue weighted by Gasteiger charge is -2.31. The van der Waals surface area contributed by atoms with E-state index in [2.05, 4.69) is 14.9 Å². The maximum Gasteiger partial charge on any atom is 0.295 e. The van der Waals surface area contributed by atoms with Gasteiger partial charge < -0.3 is 14.7 Å². The minimum absolute atomic E-state index is 0.0230. The van der Waals surface area contributed by atoms with Gasteiger partial charge in [-0.25, -0.2) is 9.97 Å². The summed E-state index contributed by atoms with van der Waals surface area (Å²) in [4.78, 5) is 38.3. The van der Waals surface area contributed by atoms with Gasteiger partial charge in [-0.15, -0.1) is 0 Å². The number of nitrogens with zero attached hydrogens (tertiary/aromatic N) is 4. The Bertz CT molecular complexity index is 1080. The van der Waals surface area contributed by atoms with E-state index in [1.165, 1.54) is 11.1 Å². The van der Waals surface area contributed by atoms with Crippen LogP contribution in [0.3, 0.4) is 0 Å².